The Morgan fingerprint density at radius 3 is 2.48 bits per heavy atom. The van der Waals surface area contributed by atoms with Crippen LogP contribution in [0.15, 0.2) is 30.3 Å². The molecular weight excluding hydrogens is 295 g/mol. The second kappa shape index (κ2) is 7.27. The van der Waals surface area contributed by atoms with Crippen LogP contribution in [-0.4, -0.2) is 13.1 Å². The van der Waals surface area contributed by atoms with Crippen molar-refractivity contribution in [1.29, 1.82) is 0 Å². The first-order valence-corrected chi connectivity index (χ1v) is 7.46. The highest BCUT2D eigenvalue weighted by atomic mass is 19.1. The van der Waals surface area contributed by atoms with Gasteiger partial charge in [0.15, 0.2) is 11.6 Å². The number of ether oxygens (including phenoxy) is 2. The standard InChI is InChI=1S/C19H21FO3/c1-12-6-5-7-15(10-19(21)22-4)16(12)11-23-18-9-14(3)13(2)8-17(18)20/h5-9H,10-11H2,1-4H3. The van der Waals surface area contributed by atoms with Crippen LogP contribution in [-0.2, 0) is 22.6 Å². The minimum atomic E-state index is -0.379. The summed E-state index contributed by atoms with van der Waals surface area (Å²) in [4.78, 5) is 11.5. The molecule has 0 atom stereocenters. The van der Waals surface area contributed by atoms with Crippen LogP contribution in [0.25, 0.3) is 0 Å². The highest BCUT2D eigenvalue weighted by Gasteiger charge is 2.12. The summed E-state index contributed by atoms with van der Waals surface area (Å²) in [6, 6.07) is 8.85. The molecule has 0 fully saturated rings. The van der Waals surface area contributed by atoms with E-state index in [1.54, 1.807) is 6.07 Å². The number of esters is 1. The monoisotopic (exact) mass is 316 g/mol. The molecule has 0 saturated carbocycles. The van der Waals surface area contributed by atoms with Crippen LogP contribution in [0.5, 0.6) is 5.75 Å². The van der Waals surface area contributed by atoms with Gasteiger partial charge in [0, 0.05) is 0 Å². The van der Waals surface area contributed by atoms with Crippen molar-refractivity contribution in [2.75, 3.05) is 7.11 Å². The van der Waals surface area contributed by atoms with E-state index in [9.17, 15) is 9.18 Å². The highest BCUT2D eigenvalue weighted by molar-refractivity contribution is 5.73. The summed E-state index contributed by atoms with van der Waals surface area (Å²) in [7, 11) is 1.36. The summed E-state index contributed by atoms with van der Waals surface area (Å²) < 4.78 is 24.4. The molecule has 0 N–H and O–H groups in total. The van der Waals surface area contributed by atoms with Crippen LogP contribution in [0.1, 0.15) is 27.8 Å². The molecule has 23 heavy (non-hydrogen) atoms. The van der Waals surface area contributed by atoms with Gasteiger partial charge >= 0.3 is 5.97 Å². The number of carbonyl (C=O) groups is 1. The molecule has 0 aliphatic rings. The van der Waals surface area contributed by atoms with Crippen LogP contribution >= 0.6 is 0 Å². The van der Waals surface area contributed by atoms with Gasteiger partial charge < -0.3 is 9.47 Å². The largest absolute Gasteiger partial charge is 0.486 e. The average Bonchev–Trinajstić information content (AvgIpc) is 2.51. The third-order valence-electron chi connectivity index (χ3n) is 3.99. The molecular formula is C19H21FO3. The Hall–Kier alpha value is -2.36. The summed E-state index contributed by atoms with van der Waals surface area (Å²) in [6.07, 6.45) is 0.173. The van der Waals surface area contributed by atoms with E-state index in [4.69, 9.17) is 9.47 Å². The number of rotatable bonds is 5. The number of benzene rings is 2. The van der Waals surface area contributed by atoms with E-state index in [0.717, 1.165) is 27.8 Å². The Morgan fingerprint density at radius 1 is 1.09 bits per heavy atom. The first-order chi connectivity index (χ1) is 10.9. The van der Waals surface area contributed by atoms with Crippen molar-refractivity contribution in [2.45, 2.75) is 33.8 Å². The van der Waals surface area contributed by atoms with Gasteiger partial charge in [-0.3, -0.25) is 4.79 Å². The number of aryl methyl sites for hydroxylation is 3. The van der Waals surface area contributed by atoms with Crippen molar-refractivity contribution < 1.29 is 18.7 Å². The van der Waals surface area contributed by atoms with Gasteiger partial charge in [-0.15, -0.1) is 0 Å². The van der Waals surface area contributed by atoms with Crippen molar-refractivity contribution in [2.24, 2.45) is 0 Å². The number of methoxy groups -OCH3 is 1. The first-order valence-electron chi connectivity index (χ1n) is 7.46. The molecule has 3 nitrogen and oxygen atoms in total. The van der Waals surface area contributed by atoms with Gasteiger partial charge in [0.1, 0.15) is 6.61 Å². The second-order valence-corrected chi connectivity index (χ2v) is 5.62. The van der Waals surface area contributed by atoms with Gasteiger partial charge in [0.2, 0.25) is 0 Å². The van der Waals surface area contributed by atoms with Crippen LogP contribution in [0.4, 0.5) is 4.39 Å². The quantitative estimate of drug-likeness (QED) is 0.781. The number of carbonyl (C=O) groups excluding carboxylic acids is 1. The van der Waals surface area contributed by atoms with Crippen molar-refractivity contribution in [3.63, 3.8) is 0 Å². The molecule has 0 aliphatic heterocycles. The summed E-state index contributed by atoms with van der Waals surface area (Å²) >= 11 is 0. The molecule has 0 heterocycles. The fourth-order valence-corrected chi connectivity index (χ4v) is 2.38. The van der Waals surface area contributed by atoms with E-state index < -0.39 is 0 Å². The Labute approximate surface area is 136 Å². The van der Waals surface area contributed by atoms with Crippen molar-refractivity contribution in [3.8, 4) is 5.75 Å². The van der Waals surface area contributed by atoms with E-state index in [-0.39, 0.29) is 30.6 Å². The summed E-state index contributed by atoms with van der Waals surface area (Å²) in [5, 5.41) is 0. The maximum absolute atomic E-state index is 14.0. The summed E-state index contributed by atoms with van der Waals surface area (Å²) in [5.41, 5.74) is 4.57. The number of hydrogen-bond acceptors (Lipinski definition) is 3. The maximum atomic E-state index is 14.0. The van der Waals surface area contributed by atoms with Gasteiger partial charge in [-0.2, -0.15) is 0 Å². The smallest absolute Gasteiger partial charge is 0.309 e. The molecule has 0 radical (unpaired) electrons. The Balaban J connectivity index is 2.23. The lowest BCUT2D eigenvalue weighted by molar-refractivity contribution is -0.139. The highest BCUT2D eigenvalue weighted by Crippen LogP contribution is 2.24. The van der Waals surface area contributed by atoms with Crippen LogP contribution in [0.3, 0.4) is 0 Å². The van der Waals surface area contributed by atoms with Gasteiger partial charge in [0.05, 0.1) is 13.5 Å². The van der Waals surface area contributed by atoms with E-state index >= 15 is 0 Å². The molecule has 0 aliphatic carbocycles. The van der Waals surface area contributed by atoms with Crippen LogP contribution < -0.4 is 4.74 Å². The fourth-order valence-electron chi connectivity index (χ4n) is 2.38. The molecule has 2 aromatic rings. The van der Waals surface area contributed by atoms with Crippen molar-refractivity contribution in [3.05, 3.63) is 64.0 Å². The minimum Gasteiger partial charge on any atom is -0.486 e. The van der Waals surface area contributed by atoms with E-state index in [0.29, 0.717) is 0 Å². The topological polar surface area (TPSA) is 35.5 Å². The van der Waals surface area contributed by atoms with Crippen molar-refractivity contribution >= 4 is 5.97 Å². The third-order valence-corrected chi connectivity index (χ3v) is 3.99. The Kier molecular flexibility index (Phi) is 5.37. The van der Waals surface area contributed by atoms with Gasteiger partial charge in [-0.05, 0) is 60.7 Å². The SMILES string of the molecule is COC(=O)Cc1cccc(C)c1COc1cc(C)c(C)cc1F. The Bertz CT molecular complexity index is 723. The van der Waals surface area contributed by atoms with Crippen molar-refractivity contribution in [1.82, 2.24) is 0 Å². The van der Waals surface area contributed by atoms with E-state index in [1.807, 2.05) is 39.0 Å². The fraction of sp³-hybridized carbons (Fsp3) is 0.316. The lowest BCUT2D eigenvalue weighted by atomic mass is 10.00. The average molecular weight is 316 g/mol. The first kappa shape index (κ1) is 17.0. The molecule has 4 heteroatoms. The normalized spacial score (nSPS) is 10.5. The Morgan fingerprint density at radius 2 is 1.78 bits per heavy atom. The lowest BCUT2D eigenvalue weighted by Crippen LogP contribution is -2.10. The minimum absolute atomic E-state index is 0.173. The number of hydrogen-bond donors (Lipinski definition) is 0. The zero-order valence-electron chi connectivity index (χ0n) is 13.9. The van der Waals surface area contributed by atoms with Gasteiger partial charge in [0.25, 0.3) is 0 Å². The molecule has 2 rings (SSSR count). The molecule has 2 aromatic carbocycles. The molecule has 0 saturated heterocycles. The zero-order chi connectivity index (χ0) is 17.0. The van der Waals surface area contributed by atoms with E-state index in [2.05, 4.69) is 0 Å². The summed E-state index contributed by atoms with van der Waals surface area (Å²) in [5.74, 6) is -0.467. The lowest BCUT2D eigenvalue weighted by Gasteiger charge is -2.14. The molecule has 0 bridgehead atoms. The second-order valence-electron chi connectivity index (χ2n) is 5.62. The predicted molar refractivity (Wildman–Crippen MR) is 87.1 cm³/mol. The third kappa shape index (κ3) is 4.09. The molecule has 0 spiro atoms. The van der Waals surface area contributed by atoms with Gasteiger partial charge in [-0.1, -0.05) is 18.2 Å². The predicted octanol–water partition coefficient (Wildman–Crippen LogP) is 4.05. The summed E-state index contributed by atoms with van der Waals surface area (Å²) in [6.45, 7) is 5.92. The molecule has 0 amide bonds. The molecule has 0 unspecified atom stereocenters. The molecule has 122 valence electrons. The van der Waals surface area contributed by atoms with Gasteiger partial charge in [-0.25, -0.2) is 4.39 Å². The van der Waals surface area contributed by atoms with Crippen LogP contribution in [0.2, 0.25) is 0 Å². The van der Waals surface area contributed by atoms with E-state index in [1.165, 1.54) is 13.2 Å². The van der Waals surface area contributed by atoms with Crippen LogP contribution in [0, 0.1) is 26.6 Å². The molecule has 0 aromatic heterocycles. The number of halogens is 1. The zero-order valence-corrected chi connectivity index (χ0v) is 13.9. The maximum Gasteiger partial charge on any atom is 0.309 e.